The monoisotopic (exact) mass is 186 g/mol. The van der Waals surface area contributed by atoms with Gasteiger partial charge >= 0.3 is 5.97 Å². The molecule has 0 aliphatic carbocycles. The van der Waals surface area contributed by atoms with Crippen molar-refractivity contribution < 1.29 is 14.6 Å². The van der Waals surface area contributed by atoms with Crippen molar-refractivity contribution in [3.05, 3.63) is 12.2 Å². The number of unbranched alkanes of at least 4 members (excludes halogenated alkanes) is 2. The van der Waals surface area contributed by atoms with Crippen LogP contribution in [-0.2, 0) is 9.53 Å². The third-order valence-electron chi connectivity index (χ3n) is 1.51. The van der Waals surface area contributed by atoms with Crippen LogP contribution in [0.2, 0.25) is 0 Å². The van der Waals surface area contributed by atoms with Crippen LogP contribution in [0.5, 0.6) is 0 Å². The number of carboxylic acids is 1. The molecular formula is C10H18O3. The van der Waals surface area contributed by atoms with E-state index in [0.717, 1.165) is 19.3 Å². The maximum absolute atomic E-state index is 10.0. The van der Waals surface area contributed by atoms with Crippen LogP contribution in [0.3, 0.4) is 0 Å². The van der Waals surface area contributed by atoms with Crippen LogP contribution in [-0.4, -0.2) is 24.3 Å². The Kier molecular flexibility index (Phi) is 8.67. The average Bonchev–Trinajstić information content (AvgIpc) is 2.09. The van der Waals surface area contributed by atoms with Gasteiger partial charge in [0.05, 0.1) is 0 Å². The second kappa shape index (κ2) is 9.26. The molecule has 0 saturated heterocycles. The fraction of sp³-hybridized carbons (Fsp3) is 0.700. The van der Waals surface area contributed by atoms with Crippen LogP contribution < -0.4 is 0 Å². The van der Waals surface area contributed by atoms with Crippen molar-refractivity contribution in [1.82, 2.24) is 0 Å². The van der Waals surface area contributed by atoms with E-state index in [0.29, 0.717) is 6.61 Å². The van der Waals surface area contributed by atoms with Gasteiger partial charge in [-0.2, -0.15) is 0 Å². The van der Waals surface area contributed by atoms with E-state index < -0.39 is 5.97 Å². The Morgan fingerprint density at radius 3 is 2.69 bits per heavy atom. The van der Waals surface area contributed by atoms with Crippen molar-refractivity contribution in [2.75, 3.05) is 13.2 Å². The van der Waals surface area contributed by atoms with Crippen LogP contribution in [0.15, 0.2) is 12.2 Å². The van der Waals surface area contributed by atoms with Gasteiger partial charge in [0.1, 0.15) is 6.61 Å². The first-order chi connectivity index (χ1) is 6.27. The summed E-state index contributed by atoms with van der Waals surface area (Å²) in [4.78, 5) is 10.0. The number of aliphatic carboxylic acids is 1. The molecule has 13 heavy (non-hydrogen) atoms. The fourth-order valence-electron chi connectivity index (χ4n) is 0.865. The molecule has 0 aliphatic heterocycles. The largest absolute Gasteiger partial charge is 0.480 e. The van der Waals surface area contributed by atoms with E-state index in [2.05, 4.69) is 19.1 Å². The van der Waals surface area contributed by atoms with Gasteiger partial charge < -0.3 is 9.84 Å². The van der Waals surface area contributed by atoms with E-state index in [-0.39, 0.29) is 6.61 Å². The van der Waals surface area contributed by atoms with E-state index in [4.69, 9.17) is 9.84 Å². The van der Waals surface area contributed by atoms with Crippen molar-refractivity contribution in [3.63, 3.8) is 0 Å². The number of hydrogen-bond acceptors (Lipinski definition) is 2. The minimum atomic E-state index is -0.901. The molecule has 0 fully saturated rings. The SMILES string of the molecule is CCCC=CCCCOCC(=O)O. The summed E-state index contributed by atoms with van der Waals surface area (Å²) in [5.41, 5.74) is 0. The summed E-state index contributed by atoms with van der Waals surface area (Å²) >= 11 is 0. The van der Waals surface area contributed by atoms with Gasteiger partial charge in [-0.3, -0.25) is 0 Å². The first-order valence-electron chi connectivity index (χ1n) is 4.72. The predicted molar refractivity (Wildman–Crippen MR) is 51.7 cm³/mol. The highest BCUT2D eigenvalue weighted by molar-refractivity contribution is 5.67. The standard InChI is InChI=1S/C10H18O3/c1-2-3-4-5-6-7-8-13-9-10(11)12/h4-5H,2-3,6-9H2,1H3,(H,11,12). The zero-order valence-electron chi connectivity index (χ0n) is 8.16. The van der Waals surface area contributed by atoms with E-state index in [1.165, 1.54) is 6.42 Å². The molecule has 0 aromatic rings. The summed E-state index contributed by atoms with van der Waals surface area (Å²) in [6.07, 6.45) is 8.43. The lowest BCUT2D eigenvalue weighted by molar-refractivity contribution is -0.142. The van der Waals surface area contributed by atoms with Gasteiger partial charge in [-0.15, -0.1) is 0 Å². The van der Waals surface area contributed by atoms with E-state index in [1.54, 1.807) is 0 Å². The number of carboxylic acid groups (broad SMARTS) is 1. The molecule has 0 amide bonds. The number of rotatable bonds is 8. The first-order valence-corrected chi connectivity index (χ1v) is 4.72. The number of ether oxygens (including phenoxy) is 1. The van der Waals surface area contributed by atoms with Crippen LogP contribution in [0, 0.1) is 0 Å². The Balaban J connectivity index is 3.03. The van der Waals surface area contributed by atoms with Gasteiger partial charge in [-0.05, 0) is 19.3 Å². The van der Waals surface area contributed by atoms with Crippen molar-refractivity contribution >= 4 is 5.97 Å². The average molecular weight is 186 g/mol. The van der Waals surface area contributed by atoms with Crippen LogP contribution in [0.4, 0.5) is 0 Å². The van der Waals surface area contributed by atoms with E-state index in [1.807, 2.05) is 0 Å². The molecule has 0 heterocycles. The number of carbonyl (C=O) groups is 1. The quantitative estimate of drug-likeness (QED) is 0.467. The molecule has 3 heteroatoms. The van der Waals surface area contributed by atoms with E-state index in [9.17, 15) is 4.79 Å². The van der Waals surface area contributed by atoms with Crippen LogP contribution in [0.25, 0.3) is 0 Å². The highest BCUT2D eigenvalue weighted by Gasteiger charge is 1.94. The zero-order valence-corrected chi connectivity index (χ0v) is 8.16. The first kappa shape index (κ1) is 12.2. The summed E-state index contributed by atoms with van der Waals surface area (Å²) in [5, 5.41) is 8.25. The fourth-order valence-corrected chi connectivity index (χ4v) is 0.865. The lowest BCUT2D eigenvalue weighted by Gasteiger charge is -1.97. The summed E-state index contributed by atoms with van der Waals surface area (Å²) in [7, 11) is 0. The smallest absolute Gasteiger partial charge is 0.329 e. The topological polar surface area (TPSA) is 46.5 Å². The Morgan fingerprint density at radius 2 is 2.08 bits per heavy atom. The predicted octanol–water partition coefficient (Wildman–Crippen LogP) is 2.22. The summed E-state index contributed by atoms with van der Waals surface area (Å²) < 4.78 is 4.87. The Bertz CT molecular complexity index is 152. The molecule has 0 radical (unpaired) electrons. The van der Waals surface area contributed by atoms with Crippen molar-refractivity contribution in [2.24, 2.45) is 0 Å². The van der Waals surface area contributed by atoms with Gasteiger partial charge in [0.15, 0.2) is 0 Å². The van der Waals surface area contributed by atoms with Gasteiger partial charge in [-0.25, -0.2) is 4.79 Å². The molecule has 3 nitrogen and oxygen atoms in total. The lowest BCUT2D eigenvalue weighted by Crippen LogP contribution is -2.07. The summed E-state index contributed by atoms with van der Waals surface area (Å²) in [5.74, 6) is -0.901. The molecule has 0 aromatic heterocycles. The Morgan fingerprint density at radius 1 is 1.38 bits per heavy atom. The molecule has 0 aliphatic rings. The van der Waals surface area contributed by atoms with Crippen LogP contribution in [0.1, 0.15) is 32.6 Å². The van der Waals surface area contributed by atoms with Crippen molar-refractivity contribution in [2.45, 2.75) is 32.6 Å². The third kappa shape index (κ3) is 11.2. The molecule has 76 valence electrons. The molecule has 0 bridgehead atoms. The van der Waals surface area contributed by atoms with E-state index >= 15 is 0 Å². The molecule has 0 aromatic carbocycles. The second-order valence-corrected chi connectivity index (χ2v) is 2.85. The molecular weight excluding hydrogens is 168 g/mol. The number of hydrogen-bond donors (Lipinski definition) is 1. The lowest BCUT2D eigenvalue weighted by atomic mass is 10.2. The van der Waals surface area contributed by atoms with Gasteiger partial charge in [0, 0.05) is 6.61 Å². The van der Waals surface area contributed by atoms with Crippen molar-refractivity contribution in [1.29, 1.82) is 0 Å². The third-order valence-corrected chi connectivity index (χ3v) is 1.51. The molecule has 0 unspecified atom stereocenters. The Labute approximate surface area is 79.4 Å². The molecule has 0 spiro atoms. The highest BCUT2D eigenvalue weighted by Crippen LogP contribution is 1.95. The van der Waals surface area contributed by atoms with Crippen molar-refractivity contribution in [3.8, 4) is 0 Å². The molecule has 0 atom stereocenters. The zero-order chi connectivity index (χ0) is 9.94. The van der Waals surface area contributed by atoms with Crippen LogP contribution >= 0.6 is 0 Å². The summed E-state index contributed by atoms with van der Waals surface area (Å²) in [6.45, 7) is 2.49. The second-order valence-electron chi connectivity index (χ2n) is 2.85. The minimum Gasteiger partial charge on any atom is -0.480 e. The maximum atomic E-state index is 10.0. The Hall–Kier alpha value is -0.830. The van der Waals surface area contributed by atoms with Gasteiger partial charge in [-0.1, -0.05) is 25.5 Å². The molecule has 1 N–H and O–H groups in total. The van der Waals surface area contributed by atoms with Gasteiger partial charge in [0.25, 0.3) is 0 Å². The maximum Gasteiger partial charge on any atom is 0.329 e. The number of allylic oxidation sites excluding steroid dienone is 2. The normalized spacial score (nSPS) is 10.8. The molecule has 0 saturated carbocycles. The summed E-state index contributed by atoms with van der Waals surface area (Å²) in [6, 6.07) is 0. The highest BCUT2D eigenvalue weighted by atomic mass is 16.5. The minimum absolute atomic E-state index is 0.182. The van der Waals surface area contributed by atoms with Gasteiger partial charge in [0.2, 0.25) is 0 Å². The molecule has 0 rings (SSSR count).